The molecule has 1 aliphatic heterocycles. The van der Waals surface area contributed by atoms with Gasteiger partial charge < -0.3 is 14.4 Å². The molecular weight excluding hydrogens is 371 g/mol. The molecule has 1 aliphatic rings. The van der Waals surface area contributed by atoms with Crippen LogP contribution in [-0.4, -0.2) is 52.7 Å². The number of rotatable bonds is 4. The topological polar surface area (TPSA) is 76.6 Å². The average Bonchev–Trinajstić information content (AvgIpc) is 3.01. The Morgan fingerprint density at radius 3 is 3.20 bits per heavy atom. The van der Waals surface area contributed by atoms with E-state index in [0.717, 1.165) is 11.5 Å². The fourth-order valence-corrected chi connectivity index (χ4v) is 3.03. The second-order valence-electron chi connectivity index (χ2n) is 5.40. The molecule has 0 radical (unpaired) electrons. The van der Waals surface area contributed by atoms with Crippen LogP contribution in [-0.2, 0) is 4.74 Å². The third kappa shape index (κ3) is 4.77. The van der Waals surface area contributed by atoms with Crippen LogP contribution >= 0.6 is 23.1 Å². The van der Waals surface area contributed by atoms with Gasteiger partial charge in [-0.15, -0.1) is 0 Å². The molecule has 1 N–H and O–H groups in total. The van der Waals surface area contributed by atoms with Gasteiger partial charge in [-0.05, 0) is 19.1 Å². The first-order valence-electron chi connectivity index (χ1n) is 7.57. The van der Waals surface area contributed by atoms with Gasteiger partial charge in [-0.2, -0.15) is 4.37 Å². The van der Waals surface area contributed by atoms with Gasteiger partial charge in [0.2, 0.25) is 5.13 Å². The third-order valence-corrected chi connectivity index (χ3v) is 4.52. The molecule has 1 fully saturated rings. The molecule has 2 heterocycles. The highest BCUT2D eigenvalue weighted by Crippen LogP contribution is 2.25. The number of ether oxygens (including phenoxy) is 2. The van der Waals surface area contributed by atoms with Crippen LogP contribution in [0.2, 0.25) is 5.02 Å². The van der Waals surface area contributed by atoms with Crippen molar-refractivity contribution >= 4 is 34.3 Å². The Labute approximate surface area is 152 Å². The van der Waals surface area contributed by atoms with E-state index in [2.05, 4.69) is 14.7 Å². The van der Waals surface area contributed by atoms with Crippen molar-refractivity contribution in [2.24, 2.45) is 0 Å². The van der Waals surface area contributed by atoms with Crippen LogP contribution < -0.4 is 10.1 Å². The van der Waals surface area contributed by atoms with Crippen molar-refractivity contribution in [1.29, 1.82) is 0 Å². The molecule has 1 aromatic carbocycles. The smallest absolute Gasteiger partial charge is 0.323 e. The molecule has 2 aromatic rings. The van der Waals surface area contributed by atoms with E-state index in [1.165, 1.54) is 18.2 Å². The van der Waals surface area contributed by atoms with Gasteiger partial charge in [-0.3, -0.25) is 5.32 Å². The van der Waals surface area contributed by atoms with E-state index in [9.17, 15) is 9.18 Å². The zero-order valence-electron chi connectivity index (χ0n) is 13.4. The Hall–Kier alpha value is -1.97. The summed E-state index contributed by atoms with van der Waals surface area (Å²) in [5, 5.41) is 3.48. The average molecular weight is 387 g/mol. The van der Waals surface area contributed by atoms with E-state index in [1.54, 1.807) is 11.8 Å². The van der Waals surface area contributed by atoms with Crippen LogP contribution in [0, 0.1) is 12.7 Å². The zero-order valence-corrected chi connectivity index (χ0v) is 14.9. The summed E-state index contributed by atoms with van der Waals surface area (Å²) in [6.07, 6.45) is -0.338. The summed E-state index contributed by atoms with van der Waals surface area (Å²) in [5.74, 6) is 0.425. The van der Waals surface area contributed by atoms with Crippen molar-refractivity contribution in [3.63, 3.8) is 0 Å². The van der Waals surface area contributed by atoms with Gasteiger partial charge >= 0.3 is 6.03 Å². The minimum Gasteiger partial charge on any atom is -0.489 e. The molecular formula is C15H16ClFN4O3S. The molecule has 1 atom stereocenters. The highest BCUT2D eigenvalue weighted by molar-refractivity contribution is 7.09. The maximum Gasteiger partial charge on any atom is 0.323 e. The third-order valence-electron chi connectivity index (χ3n) is 3.49. The normalized spacial score (nSPS) is 17.4. The van der Waals surface area contributed by atoms with E-state index < -0.39 is 5.82 Å². The van der Waals surface area contributed by atoms with E-state index in [4.69, 9.17) is 21.1 Å². The highest BCUT2D eigenvalue weighted by Gasteiger charge is 2.25. The van der Waals surface area contributed by atoms with Gasteiger partial charge in [0.15, 0.2) is 0 Å². The summed E-state index contributed by atoms with van der Waals surface area (Å²) in [5.41, 5.74) is 0. The molecule has 0 spiro atoms. The van der Waals surface area contributed by atoms with Crippen LogP contribution in [0.25, 0.3) is 0 Å². The first kappa shape index (κ1) is 17.8. The Morgan fingerprint density at radius 1 is 1.60 bits per heavy atom. The van der Waals surface area contributed by atoms with E-state index in [-0.39, 0.29) is 24.5 Å². The number of carbonyl (C=O) groups excluding carboxylic acids is 1. The maximum absolute atomic E-state index is 13.2. The second-order valence-corrected chi connectivity index (χ2v) is 6.56. The van der Waals surface area contributed by atoms with Gasteiger partial charge in [0.05, 0.1) is 18.2 Å². The summed E-state index contributed by atoms with van der Waals surface area (Å²) in [4.78, 5) is 18.0. The standard InChI is InChI=1S/C15H16ClFN4O3S/c1-9-18-14(25-20-9)19-15(22)21-4-5-23-11(7-21)8-24-13-6-10(17)2-3-12(13)16/h2-3,6,11H,4-5,7-8H2,1H3,(H,18,19,20,22). The molecule has 7 nitrogen and oxygen atoms in total. The molecule has 2 amide bonds. The molecule has 1 saturated heterocycles. The lowest BCUT2D eigenvalue weighted by atomic mass is 10.3. The van der Waals surface area contributed by atoms with Crippen molar-refractivity contribution in [1.82, 2.24) is 14.3 Å². The Balaban J connectivity index is 1.53. The second kappa shape index (κ2) is 7.94. The predicted molar refractivity (Wildman–Crippen MR) is 91.9 cm³/mol. The number of anilines is 1. The Morgan fingerprint density at radius 2 is 2.44 bits per heavy atom. The number of amides is 2. The Bertz CT molecular complexity index is 760. The molecule has 0 saturated carbocycles. The quantitative estimate of drug-likeness (QED) is 0.874. The largest absolute Gasteiger partial charge is 0.489 e. The molecule has 10 heteroatoms. The van der Waals surface area contributed by atoms with Crippen LogP contribution in [0.4, 0.5) is 14.3 Å². The number of aryl methyl sites for hydroxylation is 1. The van der Waals surface area contributed by atoms with Crippen molar-refractivity contribution in [3.8, 4) is 5.75 Å². The molecule has 134 valence electrons. The monoisotopic (exact) mass is 386 g/mol. The summed E-state index contributed by atoms with van der Waals surface area (Å²) >= 11 is 7.09. The first-order chi connectivity index (χ1) is 12.0. The minimum atomic E-state index is -0.433. The lowest BCUT2D eigenvalue weighted by Gasteiger charge is -2.32. The molecule has 0 aliphatic carbocycles. The molecule has 0 bridgehead atoms. The van der Waals surface area contributed by atoms with Crippen LogP contribution in [0.3, 0.4) is 0 Å². The number of urea groups is 1. The van der Waals surface area contributed by atoms with Crippen molar-refractivity contribution < 1.29 is 18.7 Å². The van der Waals surface area contributed by atoms with Crippen molar-refractivity contribution in [2.75, 3.05) is 31.6 Å². The van der Waals surface area contributed by atoms with E-state index in [1.807, 2.05) is 0 Å². The number of halogens is 2. The van der Waals surface area contributed by atoms with Gasteiger partial charge in [0.25, 0.3) is 0 Å². The van der Waals surface area contributed by atoms with Crippen LogP contribution in [0.1, 0.15) is 5.82 Å². The van der Waals surface area contributed by atoms with Gasteiger partial charge in [-0.25, -0.2) is 14.2 Å². The number of carbonyl (C=O) groups is 1. The van der Waals surface area contributed by atoms with Gasteiger partial charge in [0.1, 0.15) is 30.1 Å². The number of nitrogens with one attached hydrogen (secondary N) is 1. The van der Waals surface area contributed by atoms with Gasteiger partial charge in [-0.1, -0.05) is 11.6 Å². The number of hydrogen-bond donors (Lipinski definition) is 1. The zero-order chi connectivity index (χ0) is 17.8. The summed E-state index contributed by atoms with van der Waals surface area (Å²) < 4.78 is 28.4. The lowest BCUT2D eigenvalue weighted by molar-refractivity contribution is -0.0337. The molecule has 25 heavy (non-hydrogen) atoms. The number of hydrogen-bond acceptors (Lipinski definition) is 6. The maximum atomic E-state index is 13.2. The van der Waals surface area contributed by atoms with Crippen molar-refractivity contribution in [3.05, 3.63) is 34.9 Å². The fraction of sp³-hybridized carbons (Fsp3) is 0.400. The highest BCUT2D eigenvalue weighted by atomic mass is 35.5. The van der Waals surface area contributed by atoms with Gasteiger partial charge in [0, 0.05) is 24.1 Å². The van der Waals surface area contributed by atoms with E-state index >= 15 is 0 Å². The number of nitrogens with zero attached hydrogens (tertiary/aromatic N) is 3. The SMILES string of the molecule is Cc1nsc(NC(=O)N2CCOC(COc3cc(F)ccc3Cl)C2)n1. The summed E-state index contributed by atoms with van der Waals surface area (Å²) in [6, 6.07) is 3.63. The number of benzene rings is 1. The summed E-state index contributed by atoms with van der Waals surface area (Å²) in [6.45, 7) is 3.10. The summed E-state index contributed by atoms with van der Waals surface area (Å²) in [7, 11) is 0. The first-order valence-corrected chi connectivity index (χ1v) is 8.72. The van der Waals surface area contributed by atoms with Crippen molar-refractivity contribution in [2.45, 2.75) is 13.0 Å². The van der Waals surface area contributed by atoms with E-state index in [0.29, 0.717) is 35.7 Å². The van der Waals surface area contributed by atoms with Crippen LogP contribution in [0.5, 0.6) is 5.75 Å². The predicted octanol–water partition coefficient (Wildman–Crippen LogP) is 2.95. The Kier molecular flexibility index (Phi) is 5.67. The minimum absolute atomic E-state index is 0.158. The van der Waals surface area contributed by atoms with Crippen LogP contribution in [0.15, 0.2) is 18.2 Å². The number of aromatic nitrogens is 2. The lowest BCUT2D eigenvalue weighted by Crippen LogP contribution is -2.49. The molecule has 1 unspecified atom stereocenters. The fourth-order valence-electron chi connectivity index (χ4n) is 2.29. The molecule has 3 rings (SSSR count). The number of morpholine rings is 1. The molecule has 1 aromatic heterocycles.